The van der Waals surface area contributed by atoms with Gasteiger partial charge in [0.15, 0.2) is 0 Å². The largest absolute Gasteiger partial charge is 0.273 e. The molecule has 0 aliphatic heterocycles. The molecule has 0 heterocycles. The van der Waals surface area contributed by atoms with Crippen LogP contribution in [-0.4, -0.2) is 11.3 Å². The molecule has 61 heavy (non-hydrogen) atoms. The van der Waals surface area contributed by atoms with E-state index in [1.165, 1.54) is 88.0 Å². The van der Waals surface area contributed by atoms with Gasteiger partial charge in [0.25, 0.3) is 0 Å². The molecule has 0 amide bonds. The minimum atomic E-state index is -0.555. The maximum absolute atomic E-state index is 5.78. The fourth-order valence-corrected chi connectivity index (χ4v) is 11.3. The molecule has 0 fully saturated rings. The summed E-state index contributed by atoms with van der Waals surface area (Å²) in [6, 6.07) is 55.8. The molecule has 294 valence electrons. The van der Waals surface area contributed by atoms with E-state index in [2.05, 4.69) is 210 Å². The molecule has 7 aromatic rings. The minimum Gasteiger partial charge on any atom is -0.273 e. The molecular formula is C60H49N. The van der Waals surface area contributed by atoms with E-state index in [0.717, 1.165) is 36.1 Å². The second-order valence-corrected chi connectivity index (χ2v) is 18.0. The summed E-state index contributed by atoms with van der Waals surface area (Å²) in [7, 11) is 0. The number of allylic oxidation sites excluding steroid dienone is 9. The van der Waals surface area contributed by atoms with Crippen LogP contribution in [-0.2, 0) is 5.41 Å². The fraction of sp³-hybridized carbons (Fsp3) is 0.183. The molecule has 4 aliphatic rings. The Bertz CT molecular complexity index is 3170. The molecule has 4 unspecified atom stereocenters. The summed E-state index contributed by atoms with van der Waals surface area (Å²) >= 11 is 0. The van der Waals surface area contributed by atoms with Crippen molar-refractivity contribution in [3.05, 3.63) is 233 Å². The van der Waals surface area contributed by atoms with Crippen LogP contribution in [0.25, 0.3) is 49.0 Å². The Kier molecular flexibility index (Phi) is 8.66. The number of hydrogen-bond acceptors (Lipinski definition) is 1. The molecule has 0 saturated heterocycles. The Morgan fingerprint density at radius 3 is 1.97 bits per heavy atom. The number of nitrogens with zero attached hydrogens (tertiary/aromatic N) is 1. The van der Waals surface area contributed by atoms with E-state index in [0.29, 0.717) is 5.92 Å². The van der Waals surface area contributed by atoms with Crippen molar-refractivity contribution in [2.75, 3.05) is 0 Å². The van der Waals surface area contributed by atoms with E-state index in [-0.39, 0.29) is 5.92 Å². The minimum absolute atomic E-state index is 0.121. The molecule has 0 N–H and O–H groups in total. The van der Waals surface area contributed by atoms with E-state index in [1.54, 1.807) is 0 Å². The Balaban J connectivity index is 1.10. The molecule has 1 nitrogen and oxygen atoms in total. The normalized spacial score (nSPS) is 21.6. The lowest BCUT2D eigenvalue weighted by Gasteiger charge is -2.38. The molecule has 0 saturated carbocycles. The number of hydrogen-bond donors (Lipinski definition) is 0. The van der Waals surface area contributed by atoms with Crippen molar-refractivity contribution in [2.24, 2.45) is 16.8 Å². The van der Waals surface area contributed by atoms with Gasteiger partial charge in [-0.05, 0) is 164 Å². The van der Waals surface area contributed by atoms with Crippen LogP contribution in [0.15, 0.2) is 203 Å². The molecule has 11 rings (SSSR count). The summed E-state index contributed by atoms with van der Waals surface area (Å²) in [5.41, 5.74) is 15.6. The lowest BCUT2D eigenvalue weighted by atomic mass is 9.64. The second-order valence-electron chi connectivity index (χ2n) is 18.0. The third kappa shape index (κ3) is 5.58. The van der Waals surface area contributed by atoms with Gasteiger partial charge in [-0.1, -0.05) is 165 Å². The van der Waals surface area contributed by atoms with Crippen LogP contribution in [0, 0.1) is 24.0 Å². The van der Waals surface area contributed by atoms with Gasteiger partial charge in [0.2, 0.25) is 0 Å². The van der Waals surface area contributed by atoms with Crippen molar-refractivity contribution >= 4 is 43.6 Å². The smallest absolute Gasteiger partial charge is 0.0853 e. The lowest BCUT2D eigenvalue weighted by Crippen LogP contribution is -2.35. The Morgan fingerprint density at radius 1 is 0.705 bits per heavy atom. The maximum atomic E-state index is 5.78. The van der Waals surface area contributed by atoms with Crippen molar-refractivity contribution < 1.29 is 0 Å². The molecule has 4 atom stereocenters. The topological polar surface area (TPSA) is 12.4 Å². The Labute approximate surface area is 360 Å². The molecule has 0 bridgehead atoms. The average Bonchev–Trinajstić information content (AvgIpc) is 3.60. The van der Waals surface area contributed by atoms with Crippen LogP contribution in [0.2, 0.25) is 0 Å². The van der Waals surface area contributed by atoms with Gasteiger partial charge in [-0.15, -0.1) is 0 Å². The first-order chi connectivity index (χ1) is 29.8. The maximum Gasteiger partial charge on any atom is 0.0853 e. The van der Waals surface area contributed by atoms with Crippen molar-refractivity contribution in [1.29, 1.82) is 0 Å². The van der Waals surface area contributed by atoms with Crippen molar-refractivity contribution in [1.82, 2.24) is 0 Å². The molecule has 0 radical (unpaired) electrons. The zero-order valence-corrected chi connectivity index (χ0v) is 35.5. The first-order valence-corrected chi connectivity index (χ1v) is 22.0. The summed E-state index contributed by atoms with van der Waals surface area (Å²) in [4.78, 5) is 5.78. The predicted molar refractivity (Wildman–Crippen MR) is 258 cm³/mol. The van der Waals surface area contributed by atoms with Gasteiger partial charge < -0.3 is 0 Å². The molecule has 1 heteroatoms. The molecular weight excluding hydrogens is 735 g/mol. The highest BCUT2D eigenvalue weighted by atomic mass is 14.9. The summed E-state index contributed by atoms with van der Waals surface area (Å²) in [5.74, 6) is 0.563. The van der Waals surface area contributed by atoms with Gasteiger partial charge in [-0.25, -0.2) is 0 Å². The first-order valence-electron chi connectivity index (χ1n) is 22.0. The summed E-state index contributed by atoms with van der Waals surface area (Å²) in [6.45, 7) is 13.7. The molecule has 1 spiro atoms. The van der Waals surface area contributed by atoms with Gasteiger partial charge >= 0.3 is 0 Å². The SMILES string of the molecule is C=C(C)C(C)(/N=C(\C=C(/C)c1ccccc1)c1ccccc1)C1C=CC2=C(CC1)C1(C3=C2C=CC(C)C3)c2ccc#cc2-c2cc3c4ccccc4c4ccccc4c3cc21. The number of fused-ring (bicyclic) bond motifs is 14. The van der Waals surface area contributed by atoms with Gasteiger partial charge in [0, 0.05) is 11.5 Å². The van der Waals surface area contributed by atoms with Crippen LogP contribution in [0.4, 0.5) is 0 Å². The lowest BCUT2D eigenvalue weighted by molar-refractivity contribution is 0.386. The number of aliphatic imine (C=N–C) groups is 1. The quantitative estimate of drug-likeness (QED) is 0.0905. The molecule has 7 aromatic carbocycles. The Hall–Kier alpha value is -6.75. The fourth-order valence-electron chi connectivity index (χ4n) is 11.3. The zero-order chi connectivity index (χ0) is 41.5. The van der Waals surface area contributed by atoms with Crippen LogP contribution in [0.1, 0.15) is 69.2 Å². The highest BCUT2D eigenvalue weighted by molar-refractivity contribution is 6.26. The molecule has 4 aliphatic carbocycles. The highest BCUT2D eigenvalue weighted by Crippen LogP contribution is 2.65. The van der Waals surface area contributed by atoms with Crippen molar-refractivity contribution in [3.63, 3.8) is 0 Å². The van der Waals surface area contributed by atoms with Gasteiger partial charge in [-0.2, -0.15) is 0 Å². The third-order valence-electron chi connectivity index (χ3n) is 14.5. The predicted octanol–water partition coefficient (Wildman–Crippen LogP) is 15.1. The summed E-state index contributed by atoms with van der Waals surface area (Å²) < 4.78 is 0. The number of rotatable bonds is 6. The Morgan fingerprint density at radius 2 is 1.30 bits per heavy atom. The summed E-state index contributed by atoms with van der Waals surface area (Å²) in [5, 5.41) is 7.82. The monoisotopic (exact) mass is 783 g/mol. The van der Waals surface area contributed by atoms with Gasteiger partial charge in [0.05, 0.1) is 16.7 Å². The van der Waals surface area contributed by atoms with Gasteiger partial charge in [0.1, 0.15) is 0 Å². The van der Waals surface area contributed by atoms with Crippen LogP contribution in [0.3, 0.4) is 0 Å². The van der Waals surface area contributed by atoms with Crippen molar-refractivity contribution in [2.45, 2.75) is 57.9 Å². The van der Waals surface area contributed by atoms with Crippen LogP contribution < -0.4 is 0 Å². The van der Waals surface area contributed by atoms with Gasteiger partial charge in [-0.3, -0.25) is 4.99 Å². The zero-order valence-electron chi connectivity index (χ0n) is 35.5. The molecule has 0 aromatic heterocycles. The first kappa shape index (κ1) is 37.3. The average molecular weight is 784 g/mol. The second kappa shape index (κ2) is 14.2. The van der Waals surface area contributed by atoms with Crippen LogP contribution in [0.5, 0.6) is 0 Å². The van der Waals surface area contributed by atoms with E-state index in [1.807, 2.05) is 0 Å². The van der Waals surface area contributed by atoms with Crippen LogP contribution >= 0.6 is 0 Å². The summed E-state index contributed by atoms with van der Waals surface area (Å²) in [6.07, 6.45) is 15.0. The number of benzene rings is 6. The highest BCUT2D eigenvalue weighted by Gasteiger charge is 2.54. The van der Waals surface area contributed by atoms with E-state index in [9.17, 15) is 0 Å². The van der Waals surface area contributed by atoms with E-state index < -0.39 is 11.0 Å². The van der Waals surface area contributed by atoms with Crippen molar-refractivity contribution in [3.8, 4) is 11.1 Å². The van der Waals surface area contributed by atoms with E-state index in [4.69, 9.17) is 4.99 Å². The van der Waals surface area contributed by atoms with E-state index >= 15 is 0 Å². The third-order valence-corrected chi connectivity index (χ3v) is 14.5. The standard InChI is InChI=1S/C60H49N/c1-38(2)59(5,61-58(42-20-10-7-11-21-42)35-40(4)41-18-8-6-9-19-41)43-29-32-49-50-31-28-39(3)34-56(50)60(55(49)33-30-43)54-27-17-16-26-48(54)53-36-51-46-24-14-12-22-44(46)45-23-13-15-25-47(45)52(51)37-57(53)60/h6-15,17-25,27-29,31-32,35-37,39,43H,1,30,33-34H2,2-5H3/b40-35+,61-58+.